The molecule has 3 amide bonds. The van der Waals surface area contributed by atoms with Gasteiger partial charge in [-0.25, -0.2) is 14.6 Å². The van der Waals surface area contributed by atoms with Crippen molar-refractivity contribution in [2.75, 3.05) is 7.11 Å². The minimum absolute atomic E-state index is 0.0413. The van der Waals surface area contributed by atoms with E-state index in [1.165, 1.54) is 24.3 Å². The average molecular weight is 345 g/mol. The fourth-order valence-electron chi connectivity index (χ4n) is 2.18. The molecule has 6 nitrogen and oxygen atoms in total. The number of ether oxygens (including phenoxy) is 1. The monoisotopic (exact) mass is 345 g/mol. The molecule has 0 unspecified atom stereocenters. The highest BCUT2D eigenvalue weighted by Crippen LogP contribution is 2.06. The number of benzene rings is 2. The van der Waals surface area contributed by atoms with E-state index in [9.17, 15) is 14.0 Å². The second kappa shape index (κ2) is 9.39. The van der Waals surface area contributed by atoms with Crippen molar-refractivity contribution in [3.63, 3.8) is 0 Å². The highest BCUT2D eigenvalue weighted by molar-refractivity contribution is 5.82. The van der Waals surface area contributed by atoms with Crippen molar-refractivity contribution < 1.29 is 18.7 Å². The summed E-state index contributed by atoms with van der Waals surface area (Å²) in [6.07, 6.45) is 0.0413. The number of carbonyl (C=O) groups is 2. The Bertz CT molecular complexity index is 720. The Hall–Kier alpha value is -2.93. The van der Waals surface area contributed by atoms with Gasteiger partial charge in [-0.1, -0.05) is 36.4 Å². The van der Waals surface area contributed by atoms with E-state index in [0.29, 0.717) is 18.7 Å². The Morgan fingerprint density at radius 1 is 1.00 bits per heavy atom. The van der Waals surface area contributed by atoms with E-state index in [-0.39, 0.29) is 12.2 Å². The molecule has 0 bridgehead atoms. The molecule has 2 aromatic carbocycles. The second-order valence-corrected chi connectivity index (χ2v) is 5.41. The lowest BCUT2D eigenvalue weighted by Crippen LogP contribution is -2.47. The SMILES string of the molecule is COCc1cccc(CNC(=O)NNC(=O)Cc2ccc(F)cc2)c1. The van der Waals surface area contributed by atoms with Gasteiger partial charge in [-0.15, -0.1) is 0 Å². The number of hydrogen-bond acceptors (Lipinski definition) is 3. The highest BCUT2D eigenvalue weighted by Gasteiger charge is 2.06. The van der Waals surface area contributed by atoms with Crippen molar-refractivity contribution in [1.82, 2.24) is 16.2 Å². The van der Waals surface area contributed by atoms with Crippen LogP contribution in [0.15, 0.2) is 48.5 Å². The quantitative estimate of drug-likeness (QED) is 0.701. The smallest absolute Gasteiger partial charge is 0.333 e. The third-order valence-electron chi connectivity index (χ3n) is 3.35. The van der Waals surface area contributed by atoms with Crippen LogP contribution in [0.3, 0.4) is 0 Å². The van der Waals surface area contributed by atoms with Gasteiger partial charge in [0.2, 0.25) is 5.91 Å². The molecule has 2 aromatic rings. The number of hydrazine groups is 1. The Morgan fingerprint density at radius 2 is 1.72 bits per heavy atom. The van der Waals surface area contributed by atoms with Crippen molar-refractivity contribution in [2.45, 2.75) is 19.6 Å². The van der Waals surface area contributed by atoms with Crippen molar-refractivity contribution in [3.05, 3.63) is 71.0 Å². The molecule has 0 aromatic heterocycles. The molecule has 7 heteroatoms. The number of urea groups is 1. The number of methoxy groups -OCH3 is 1. The number of amides is 3. The van der Waals surface area contributed by atoms with Gasteiger partial charge in [0.05, 0.1) is 13.0 Å². The first-order valence-corrected chi connectivity index (χ1v) is 7.70. The molecule has 0 radical (unpaired) electrons. The van der Waals surface area contributed by atoms with Gasteiger partial charge in [0.25, 0.3) is 0 Å². The van der Waals surface area contributed by atoms with Crippen LogP contribution in [0.1, 0.15) is 16.7 Å². The van der Waals surface area contributed by atoms with Gasteiger partial charge in [-0.2, -0.15) is 0 Å². The second-order valence-electron chi connectivity index (χ2n) is 5.41. The molecule has 0 saturated heterocycles. The summed E-state index contributed by atoms with van der Waals surface area (Å²) in [5.41, 5.74) is 7.15. The van der Waals surface area contributed by atoms with Crippen molar-refractivity contribution in [3.8, 4) is 0 Å². The van der Waals surface area contributed by atoms with Gasteiger partial charge in [0.15, 0.2) is 0 Å². The van der Waals surface area contributed by atoms with Crippen LogP contribution in [-0.4, -0.2) is 19.0 Å². The molecule has 0 heterocycles. The van der Waals surface area contributed by atoms with Crippen LogP contribution in [0.25, 0.3) is 0 Å². The van der Waals surface area contributed by atoms with E-state index < -0.39 is 11.9 Å². The highest BCUT2D eigenvalue weighted by atomic mass is 19.1. The Kier molecular flexibility index (Phi) is 6.91. The van der Waals surface area contributed by atoms with Crippen LogP contribution < -0.4 is 16.2 Å². The molecule has 0 spiro atoms. The minimum atomic E-state index is -0.524. The van der Waals surface area contributed by atoms with Gasteiger partial charge < -0.3 is 10.1 Å². The van der Waals surface area contributed by atoms with Gasteiger partial charge in [-0.3, -0.25) is 10.2 Å². The van der Waals surface area contributed by atoms with Crippen molar-refractivity contribution in [2.24, 2.45) is 0 Å². The Morgan fingerprint density at radius 3 is 2.44 bits per heavy atom. The largest absolute Gasteiger partial charge is 0.380 e. The average Bonchev–Trinajstić information content (AvgIpc) is 2.61. The zero-order chi connectivity index (χ0) is 18.1. The first-order valence-electron chi connectivity index (χ1n) is 7.70. The molecule has 0 atom stereocenters. The number of nitrogens with one attached hydrogen (secondary N) is 3. The summed E-state index contributed by atoms with van der Waals surface area (Å²) in [5.74, 6) is -0.764. The maximum absolute atomic E-state index is 12.8. The summed E-state index contributed by atoms with van der Waals surface area (Å²) in [5, 5.41) is 2.64. The van der Waals surface area contributed by atoms with Gasteiger partial charge in [0.1, 0.15) is 5.82 Å². The maximum atomic E-state index is 12.8. The van der Waals surface area contributed by atoms with Crippen LogP contribution in [0, 0.1) is 5.82 Å². The summed E-state index contributed by atoms with van der Waals surface area (Å²) in [7, 11) is 1.62. The predicted molar refractivity (Wildman–Crippen MR) is 90.8 cm³/mol. The van der Waals surface area contributed by atoms with E-state index in [4.69, 9.17) is 4.74 Å². The molecule has 3 N–H and O–H groups in total. The van der Waals surface area contributed by atoms with Crippen LogP contribution in [-0.2, 0) is 29.1 Å². The lowest BCUT2D eigenvalue weighted by Gasteiger charge is -2.10. The zero-order valence-electron chi connectivity index (χ0n) is 13.8. The summed E-state index contributed by atoms with van der Waals surface area (Å²) in [4.78, 5) is 23.4. The number of halogens is 1. The summed E-state index contributed by atoms with van der Waals surface area (Å²) in [6.45, 7) is 0.816. The molecule has 0 fully saturated rings. The van der Waals surface area contributed by atoms with E-state index in [1.807, 2.05) is 24.3 Å². The van der Waals surface area contributed by atoms with E-state index in [2.05, 4.69) is 16.2 Å². The summed E-state index contributed by atoms with van der Waals surface area (Å²) >= 11 is 0. The van der Waals surface area contributed by atoms with E-state index in [0.717, 1.165) is 11.1 Å². The zero-order valence-corrected chi connectivity index (χ0v) is 13.8. The lowest BCUT2D eigenvalue weighted by atomic mass is 10.1. The first-order chi connectivity index (χ1) is 12.1. The van der Waals surface area contributed by atoms with Crippen LogP contribution >= 0.6 is 0 Å². The Labute approximate surface area is 145 Å². The number of rotatable bonds is 6. The molecular weight excluding hydrogens is 325 g/mol. The topological polar surface area (TPSA) is 79.5 Å². The molecule has 132 valence electrons. The third-order valence-corrected chi connectivity index (χ3v) is 3.35. The lowest BCUT2D eigenvalue weighted by molar-refractivity contribution is -0.121. The van der Waals surface area contributed by atoms with E-state index >= 15 is 0 Å². The van der Waals surface area contributed by atoms with Gasteiger partial charge in [0, 0.05) is 13.7 Å². The number of hydrogen-bond donors (Lipinski definition) is 3. The Balaban J connectivity index is 1.72. The van der Waals surface area contributed by atoms with Crippen molar-refractivity contribution >= 4 is 11.9 Å². The number of carbonyl (C=O) groups excluding carboxylic acids is 2. The predicted octanol–water partition coefficient (Wildman–Crippen LogP) is 2.05. The summed E-state index contributed by atoms with van der Waals surface area (Å²) < 4.78 is 17.9. The minimum Gasteiger partial charge on any atom is -0.380 e. The van der Waals surface area contributed by atoms with Crippen molar-refractivity contribution in [1.29, 1.82) is 0 Å². The molecule has 0 saturated carbocycles. The molecule has 0 aliphatic carbocycles. The first kappa shape index (κ1) is 18.4. The van der Waals surface area contributed by atoms with Crippen LogP contribution in [0.2, 0.25) is 0 Å². The molecule has 2 rings (SSSR count). The molecular formula is C18H20FN3O3. The third kappa shape index (κ3) is 6.60. The standard InChI is InChI=1S/C18H20FN3O3/c1-25-12-15-4-2-3-14(9-15)11-20-18(24)22-21-17(23)10-13-5-7-16(19)8-6-13/h2-9H,10-12H2,1H3,(H,21,23)(H2,20,22,24). The van der Waals surface area contributed by atoms with Crippen LogP contribution in [0.4, 0.5) is 9.18 Å². The van der Waals surface area contributed by atoms with Gasteiger partial charge >= 0.3 is 6.03 Å². The van der Waals surface area contributed by atoms with Gasteiger partial charge in [-0.05, 0) is 28.8 Å². The maximum Gasteiger partial charge on any atom is 0.333 e. The van der Waals surface area contributed by atoms with E-state index in [1.54, 1.807) is 7.11 Å². The molecule has 0 aliphatic rings. The molecule has 0 aliphatic heterocycles. The fraction of sp³-hybridized carbons (Fsp3) is 0.222. The summed E-state index contributed by atoms with van der Waals surface area (Å²) in [6, 6.07) is 12.7. The molecule has 25 heavy (non-hydrogen) atoms. The van der Waals surface area contributed by atoms with Crippen LogP contribution in [0.5, 0.6) is 0 Å². The fourth-order valence-corrected chi connectivity index (χ4v) is 2.18. The normalized spacial score (nSPS) is 10.2.